The minimum atomic E-state index is 1.21. The van der Waals surface area contributed by atoms with Gasteiger partial charge >= 0.3 is 0 Å². The third kappa shape index (κ3) is 5.59. The number of rotatable bonds is 4. The predicted octanol–water partition coefficient (Wildman–Crippen LogP) is 20.0. The van der Waals surface area contributed by atoms with E-state index in [2.05, 4.69) is 231 Å². The van der Waals surface area contributed by atoms with Crippen molar-refractivity contribution in [1.82, 2.24) is 0 Å². The van der Waals surface area contributed by atoms with E-state index in [0.29, 0.717) is 0 Å². The Labute approximate surface area is 400 Å². The lowest BCUT2D eigenvalue weighted by Crippen LogP contribution is -1.89. The first-order chi connectivity index (χ1) is 33.7. The second-order valence-electron chi connectivity index (χ2n) is 18.2. The zero-order chi connectivity index (χ0) is 44.5. The molecule has 0 saturated carbocycles. The van der Waals surface area contributed by atoms with Gasteiger partial charge in [-0.2, -0.15) is 0 Å². The van der Waals surface area contributed by atoms with Gasteiger partial charge in [-0.05, 0) is 146 Å². The standard InChI is InChI=1S/C66H38S2/c1-2-18-48-46(16-1)47-17-3-4-20-50(47)59-35-40(30-32-51(48)59)39-14-11-15-41(34-39)58-37-43(38-61-54-22-8-10-29-63(54)68-66(58)61)44-24-12-26-56-60-36-42(31-33-52(60)49-19-5-6-23-55(49)64(44)56)45-25-13-27-57-53-21-7-9-28-62(53)67-65(45)57/h1-38H. The Kier molecular flexibility index (Phi) is 8.21. The molecule has 0 fully saturated rings. The topological polar surface area (TPSA) is 0 Å². The van der Waals surface area contributed by atoms with Crippen LogP contribution in [0.25, 0.3) is 149 Å². The molecular weight excluding hydrogens is 857 g/mol. The summed E-state index contributed by atoms with van der Waals surface area (Å²) < 4.78 is 5.30. The van der Waals surface area contributed by atoms with Crippen molar-refractivity contribution < 1.29 is 0 Å². The van der Waals surface area contributed by atoms with E-state index in [9.17, 15) is 0 Å². The second-order valence-corrected chi connectivity index (χ2v) is 20.4. The van der Waals surface area contributed by atoms with Crippen molar-refractivity contribution in [3.8, 4) is 44.5 Å². The van der Waals surface area contributed by atoms with Gasteiger partial charge in [0.2, 0.25) is 0 Å². The number of thiophene rings is 2. The van der Waals surface area contributed by atoms with Crippen LogP contribution < -0.4 is 0 Å². The van der Waals surface area contributed by atoms with E-state index in [1.807, 2.05) is 22.7 Å². The second kappa shape index (κ2) is 14.7. The van der Waals surface area contributed by atoms with Crippen LogP contribution in [0.15, 0.2) is 231 Å². The van der Waals surface area contributed by atoms with E-state index in [1.165, 1.54) is 149 Å². The lowest BCUT2D eigenvalue weighted by molar-refractivity contribution is 1.63. The van der Waals surface area contributed by atoms with E-state index >= 15 is 0 Å². The van der Waals surface area contributed by atoms with Gasteiger partial charge < -0.3 is 0 Å². The van der Waals surface area contributed by atoms with Crippen LogP contribution >= 0.6 is 22.7 Å². The Morgan fingerprint density at radius 3 is 1.28 bits per heavy atom. The highest BCUT2D eigenvalue weighted by Crippen LogP contribution is 2.48. The Morgan fingerprint density at radius 1 is 0.191 bits per heavy atom. The summed E-state index contributed by atoms with van der Waals surface area (Å²) in [7, 11) is 0. The molecule has 0 amide bonds. The fourth-order valence-corrected chi connectivity index (χ4v) is 14.0. The average Bonchev–Trinajstić information content (AvgIpc) is 3.99. The Bertz CT molecular complexity index is 4590. The maximum Gasteiger partial charge on any atom is 0.0434 e. The molecule has 0 aliphatic carbocycles. The molecule has 0 aliphatic rings. The number of hydrogen-bond donors (Lipinski definition) is 0. The van der Waals surface area contributed by atoms with Crippen molar-refractivity contribution in [2.75, 3.05) is 0 Å². The van der Waals surface area contributed by atoms with Crippen LogP contribution in [0.4, 0.5) is 0 Å². The first kappa shape index (κ1) is 38.0. The van der Waals surface area contributed by atoms with Gasteiger partial charge in [-0.25, -0.2) is 0 Å². The van der Waals surface area contributed by atoms with Crippen molar-refractivity contribution in [1.29, 1.82) is 0 Å². The maximum atomic E-state index is 2.48. The third-order valence-electron chi connectivity index (χ3n) is 14.6. The maximum absolute atomic E-state index is 2.48. The van der Waals surface area contributed by atoms with E-state index in [1.54, 1.807) is 0 Å². The summed E-state index contributed by atoms with van der Waals surface area (Å²) in [6, 6.07) is 86.6. The van der Waals surface area contributed by atoms with Crippen LogP contribution in [0, 0.1) is 0 Å². The molecule has 2 heterocycles. The molecule has 0 aliphatic heterocycles. The van der Waals surface area contributed by atoms with Gasteiger partial charge in [0.05, 0.1) is 0 Å². The summed E-state index contributed by atoms with van der Waals surface area (Å²) in [6.07, 6.45) is 0. The number of fused-ring (bicyclic) bond motifs is 18. The largest absolute Gasteiger partial charge is 0.135 e. The molecule has 15 aromatic rings. The molecule has 0 atom stereocenters. The Morgan fingerprint density at radius 2 is 0.588 bits per heavy atom. The smallest absolute Gasteiger partial charge is 0.0434 e. The molecule has 314 valence electrons. The van der Waals surface area contributed by atoms with Crippen LogP contribution in [0.5, 0.6) is 0 Å². The van der Waals surface area contributed by atoms with Gasteiger partial charge in [-0.3, -0.25) is 0 Å². The van der Waals surface area contributed by atoms with Gasteiger partial charge in [0, 0.05) is 45.9 Å². The fourth-order valence-electron chi connectivity index (χ4n) is 11.5. The molecule has 0 nitrogen and oxygen atoms in total. The molecule has 0 unspecified atom stereocenters. The monoisotopic (exact) mass is 894 g/mol. The molecule has 68 heavy (non-hydrogen) atoms. The zero-order valence-electron chi connectivity index (χ0n) is 36.8. The first-order valence-electron chi connectivity index (χ1n) is 23.4. The normalized spacial score (nSPS) is 12.1. The molecule has 0 bridgehead atoms. The third-order valence-corrected chi connectivity index (χ3v) is 17.1. The highest BCUT2D eigenvalue weighted by atomic mass is 32.1. The lowest BCUT2D eigenvalue weighted by Gasteiger charge is -2.17. The van der Waals surface area contributed by atoms with E-state index in [-0.39, 0.29) is 0 Å². The predicted molar refractivity (Wildman–Crippen MR) is 299 cm³/mol. The Hall–Kier alpha value is -8.14. The van der Waals surface area contributed by atoms with Gasteiger partial charge in [-0.1, -0.05) is 188 Å². The molecule has 13 aromatic carbocycles. The molecular formula is C66H38S2. The summed E-state index contributed by atoms with van der Waals surface area (Å²) in [4.78, 5) is 0. The highest BCUT2D eigenvalue weighted by molar-refractivity contribution is 7.26. The van der Waals surface area contributed by atoms with Crippen LogP contribution in [0.2, 0.25) is 0 Å². The molecule has 15 rings (SSSR count). The quantitative estimate of drug-likeness (QED) is 0.154. The van der Waals surface area contributed by atoms with Crippen molar-refractivity contribution >= 4 is 128 Å². The number of hydrogen-bond acceptors (Lipinski definition) is 2. The van der Waals surface area contributed by atoms with Gasteiger partial charge in [0.1, 0.15) is 0 Å². The van der Waals surface area contributed by atoms with Gasteiger partial charge in [-0.15, -0.1) is 22.7 Å². The van der Waals surface area contributed by atoms with Gasteiger partial charge in [0.25, 0.3) is 0 Å². The summed E-state index contributed by atoms with van der Waals surface area (Å²) >= 11 is 3.80. The molecule has 0 N–H and O–H groups in total. The van der Waals surface area contributed by atoms with E-state index in [4.69, 9.17) is 0 Å². The fraction of sp³-hybridized carbons (Fsp3) is 0. The average molecular weight is 895 g/mol. The van der Waals surface area contributed by atoms with Crippen LogP contribution in [0.3, 0.4) is 0 Å². The van der Waals surface area contributed by atoms with E-state index < -0.39 is 0 Å². The summed E-state index contributed by atoms with van der Waals surface area (Å²) in [5.41, 5.74) is 9.93. The zero-order valence-corrected chi connectivity index (χ0v) is 38.4. The van der Waals surface area contributed by atoms with Crippen LogP contribution in [0.1, 0.15) is 0 Å². The molecule has 0 spiro atoms. The molecule has 0 saturated heterocycles. The van der Waals surface area contributed by atoms with Crippen molar-refractivity contribution in [3.05, 3.63) is 231 Å². The summed E-state index contributed by atoms with van der Waals surface area (Å²) in [6.45, 7) is 0. The lowest BCUT2D eigenvalue weighted by atomic mass is 9.87. The number of benzene rings is 13. The molecule has 2 aromatic heterocycles. The van der Waals surface area contributed by atoms with E-state index in [0.717, 1.165) is 0 Å². The highest BCUT2D eigenvalue weighted by Gasteiger charge is 2.19. The van der Waals surface area contributed by atoms with Crippen molar-refractivity contribution in [2.24, 2.45) is 0 Å². The Balaban J connectivity index is 0.950. The van der Waals surface area contributed by atoms with Gasteiger partial charge in [0.15, 0.2) is 0 Å². The molecule has 0 radical (unpaired) electrons. The minimum absolute atomic E-state index is 1.21. The first-order valence-corrected chi connectivity index (χ1v) is 25.0. The van der Waals surface area contributed by atoms with Crippen LogP contribution in [-0.4, -0.2) is 0 Å². The summed E-state index contributed by atoms with van der Waals surface area (Å²) in [5.74, 6) is 0. The van der Waals surface area contributed by atoms with Crippen LogP contribution in [-0.2, 0) is 0 Å². The summed E-state index contributed by atoms with van der Waals surface area (Å²) in [5, 5.41) is 20.7. The van der Waals surface area contributed by atoms with Crippen molar-refractivity contribution in [2.45, 2.75) is 0 Å². The minimum Gasteiger partial charge on any atom is -0.135 e. The SMILES string of the molecule is c1cc(-c2ccc3c4ccccc4c4ccccc4c3c2)cc(-c2cc(-c3cccc4c5cc(-c6cccc7c6sc6ccccc67)ccc5c5ccccc5c34)cc3c2sc2ccccc23)c1. The molecule has 2 heteroatoms. The van der Waals surface area contributed by atoms with Crippen molar-refractivity contribution in [3.63, 3.8) is 0 Å².